The van der Waals surface area contributed by atoms with Crippen molar-refractivity contribution in [1.29, 1.82) is 0 Å². The lowest BCUT2D eigenvalue weighted by atomic mass is 10.0. The Morgan fingerprint density at radius 2 is 1.68 bits per heavy atom. The van der Waals surface area contributed by atoms with E-state index in [0.717, 1.165) is 18.5 Å². The lowest BCUT2D eigenvalue weighted by Crippen LogP contribution is -1.95. The van der Waals surface area contributed by atoms with Gasteiger partial charge in [-0.15, -0.1) is 0 Å². The third-order valence-electron chi connectivity index (χ3n) is 2.64. The van der Waals surface area contributed by atoms with Gasteiger partial charge >= 0.3 is 0 Å². The number of aromatic amines is 1. The third-order valence-corrected chi connectivity index (χ3v) is 2.64. The van der Waals surface area contributed by atoms with E-state index < -0.39 is 0 Å². The zero-order valence-corrected chi connectivity index (χ0v) is 8.92. The van der Waals surface area contributed by atoms with Gasteiger partial charge in [-0.3, -0.25) is 4.79 Å². The minimum atomic E-state index is -0.221. The monoisotopic (exact) mass is 270 g/mol. The number of aryl methyl sites for hydroxylation is 1. The SMILES string of the molecule is C.C.C.C.CCCC1=NC(=O)c2c(CC)[nH]c(O)c21. The fourth-order valence-corrected chi connectivity index (χ4v) is 1.97. The van der Waals surface area contributed by atoms with Crippen molar-refractivity contribution in [3.63, 3.8) is 0 Å². The van der Waals surface area contributed by atoms with Crippen LogP contribution in [0.4, 0.5) is 0 Å². The smallest absolute Gasteiger partial charge is 0.279 e. The van der Waals surface area contributed by atoms with E-state index in [-0.39, 0.29) is 41.5 Å². The van der Waals surface area contributed by atoms with E-state index >= 15 is 0 Å². The van der Waals surface area contributed by atoms with Gasteiger partial charge in [0.15, 0.2) is 5.88 Å². The van der Waals surface area contributed by atoms with Crippen LogP contribution >= 0.6 is 0 Å². The zero-order valence-electron chi connectivity index (χ0n) is 8.92. The Labute approximate surface area is 118 Å². The number of carbonyl (C=O) groups excluding carboxylic acids is 1. The number of carbonyl (C=O) groups is 1. The standard InChI is InChI=1S/C11H14N2O2.4CH4/c1-3-5-7-9-8(10(14)13-7)6(4-2)12-11(9)15;;;;/h12,15H,3-5H2,1-2H3;4*1H4. The third kappa shape index (κ3) is 3.46. The summed E-state index contributed by atoms with van der Waals surface area (Å²) in [5.41, 5.74) is 2.69. The second-order valence-electron chi connectivity index (χ2n) is 3.67. The van der Waals surface area contributed by atoms with Crippen molar-refractivity contribution in [3.8, 4) is 5.88 Å². The summed E-state index contributed by atoms with van der Waals surface area (Å²) >= 11 is 0. The molecule has 1 amide bonds. The quantitative estimate of drug-likeness (QED) is 0.845. The molecule has 0 saturated carbocycles. The summed E-state index contributed by atoms with van der Waals surface area (Å²) in [7, 11) is 0. The van der Waals surface area contributed by atoms with Crippen LogP contribution in [-0.2, 0) is 6.42 Å². The number of aromatic hydroxyl groups is 1. The Morgan fingerprint density at radius 3 is 2.16 bits per heavy atom. The zero-order chi connectivity index (χ0) is 11.0. The van der Waals surface area contributed by atoms with Gasteiger partial charge in [0.2, 0.25) is 0 Å². The summed E-state index contributed by atoms with van der Waals surface area (Å²) in [6, 6.07) is 0. The van der Waals surface area contributed by atoms with Crippen molar-refractivity contribution >= 4 is 11.6 Å². The van der Waals surface area contributed by atoms with E-state index in [9.17, 15) is 9.90 Å². The molecule has 0 atom stereocenters. The number of aliphatic imine (C=N–C) groups is 1. The Balaban J connectivity index is -0.000000640. The summed E-state index contributed by atoms with van der Waals surface area (Å²) in [6.07, 6.45) is 2.34. The van der Waals surface area contributed by atoms with Crippen LogP contribution in [0.25, 0.3) is 0 Å². The number of aromatic nitrogens is 1. The highest BCUT2D eigenvalue weighted by Crippen LogP contribution is 2.32. The molecular weight excluding hydrogens is 240 g/mol. The average molecular weight is 270 g/mol. The lowest BCUT2D eigenvalue weighted by molar-refractivity contribution is 0.101. The number of hydrogen-bond acceptors (Lipinski definition) is 2. The van der Waals surface area contributed by atoms with Gasteiger partial charge in [-0.25, -0.2) is 4.99 Å². The van der Waals surface area contributed by atoms with Crippen molar-refractivity contribution in [3.05, 3.63) is 16.8 Å². The van der Waals surface area contributed by atoms with Crippen molar-refractivity contribution < 1.29 is 9.90 Å². The number of hydrogen-bond donors (Lipinski definition) is 2. The molecule has 0 saturated heterocycles. The molecular formula is C15H30N2O2. The fourth-order valence-electron chi connectivity index (χ4n) is 1.97. The van der Waals surface area contributed by atoms with E-state index in [0.29, 0.717) is 23.3 Å². The Bertz CT molecular complexity index is 445. The number of fused-ring (bicyclic) bond motifs is 1. The van der Waals surface area contributed by atoms with E-state index in [2.05, 4.69) is 9.98 Å². The molecule has 1 aromatic heterocycles. The molecule has 2 heterocycles. The molecule has 0 radical (unpaired) electrons. The first-order valence-electron chi connectivity index (χ1n) is 5.25. The molecule has 4 nitrogen and oxygen atoms in total. The van der Waals surface area contributed by atoms with Crippen molar-refractivity contribution in [2.24, 2.45) is 4.99 Å². The highest BCUT2D eigenvalue weighted by atomic mass is 16.3. The average Bonchev–Trinajstić information content (AvgIpc) is 2.69. The molecule has 1 aromatic rings. The van der Waals surface area contributed by atoms with E-state index in [1.165, 1.54) is 0 Å². The highest BCUT2D eigenvalue weighted by molar-refractivity contribution is 6.23. The maximum absolute atomic E-state index is 11.6. The molecule has 2 rings (SSSR count). The summed E-state index contributed by atoms with van der Waals surface area (Å²) in [5.74, 6) is -0.137. The van der Waals surface area contributed by atoms with E-state index in [4.69, 9.17) is 0 Å². The van der Waals surface area contributed by atoms with Crippen LogP contribution in [0.15, 0.2) is 4.99 Å². The largest absolute Gasteiger partial charge is 0.494 e. The summed E-state index contributed by atoms with van der Waals surface area (Å²) < 4.78 is 0. The van der Waals surface area contributed by atoms with Gasteiger partial charge in [-0.1, -0.05) is 50.0 Å². The lowest BCUT2D eigenvalue weighted by Gasteiger charge is -1.96. The first-order chi connectivity index (χ1) is 7.19. The predicted molar refractivity (Wildman–Crippen MR) is 84.5 cm³/mol. The summed E-state index contributed by atoms with van der Waals surface area (Å²) in [5, 5.41) is 9.71. The van der Waals surface area contributed by atoms with Gasteiger partial charge in [0.1, 0.15) is 0 Å². The minimum absolute atomic E-state index is 0. The van der Waals surface area contributed by atoms with Crippen LogP contribution in [0, 0.1) is 0 Å². The van der Waals surface area contributed by atoms with Gasteiger partial charge in [-0.05, 0) is 12.8 Å². The second kappa shape index (κ2) is 8.51. The summed E-state index contributed by atoms with van der Waals surface area (Å²) in [6.45, 7) is 3.96. The summed E-state index contributed by atoms with van der Waals surface area (Å²) in [4.78, 5) is 18.4. The Hall–Kier alpha value is -1.58. The number of amides is 1. The second-order valence-corrected chi connectivity index (χ2v) is 3.67. The fraction of sp³-hybridized carbons (Fsp3) is 0.600. The van der Waals surface area contributed by atoms with Crippen LogP contribution in [0.2, 0.25) is 0 Å². The van der Waals surface area contributed by atoms with Crippen molar-refractivity contribution in [2.45, 2.75) is 62.8 Å². The van der Waals surface area contributed by atoms with Gasteiger partial charge in [0, 0.05) is 5.69 Å². The molecule has 0 bridgehead atoms. The minimum Gasteiger partial charge on any atom is -0.494 e. The van der Waals surface area contributed by atoms with Crippen LogP contribution in [0.3, 0.4) is 0 Å². The molecule has 0 unspecified atom stereocenters. The predicted octanol–water partition coefficient (Wildman–Crippen LogP) is 4.57. The van der Waals surface area contributed by atoms with Crippen molar-refractivity contribution in [1.82, 2.24) is 4.98 Å². The highest BCUT2D eigenvalue weighted by Gasteiger charge is 2.30. The van der Waals surface area contributed by atoms with Gasteiger partial charge in [0.05, 0.1) is 16.8 Å². The van der Waals surface area contributed by atoms with Crippen LogP contribution < -0.4 is 0 Å². The van der Waals surface area contributed by atoms with E-state index in [1.54, 1.807) is 0 Å². The molecule has 0 aliphatic carbocycles. The Morgan fingerprint density at radius 1 is 1.11 bits per heavy atom. The molecule has 0 aromatic carbocycles. The first-order valence-corrected chi connectivity index (χ1v) is 5.25. The van der Waals surface area contributed by atoms with Gasteiger partial charge in [-0.2, -0.15) is 0 Å². The van der Waals surface area contributed by atoms with Crippen LogP contribution in [-0.4, -0.2) is 21.7 Å². The van der Waals surface area contributed by atoms with Crippen molar-refractivity contribution in [2.75, 3.05) is 0 Å². The van der Waals surface area contributed by atoms with Crippen LogP contribution in [0.1, 0.15) is 78.0 Å². The number of nitrogens with zero attached hydrogens (tertiary/aromatic N) is 1. The molecule has 1 aliphatic heterocycles. The van der Waals surface area contributed by atoms with Gasteiger partial charge < -0.3 is 10.1 Å². The maximum Gasteiger partial charge on any atom is 0.279 e. The van der Waals surface area contributed by atoms with Gasteiger partial charge in [0.25, 0.3) is 5.91 Å². The molecule has 2 N–H and O–H groups in total. The molecule has 1 aliphatic rings. The normalized spacial score (nSPS) is 11.3. The maximum atomic E-state index is 11.6. The molecule has 0 spiro atoms. The van der Waals surface area contributed by atoms with Crippen LogP contribution in [0.5, 0.6) is 5.88 Å². The number of rotatable bonds is 3. The molecule has 19 heavy (non-hydrogen) atoms. The Kier molecular flexibility index (Phi) is 10.1. The molecule has 4 heteroatoms. The number of H-pyrrole nitrogens is 1. The molecule has 0 fully saturated rings. The topological polar surface area (TPSA) is 65.5 Å². The number of nitrogens with one attached hydrogen (secondary N) is 1. The first kappa shape index (κ1) is 22.6. The molecule has 112 valence electrons. The van der Waals surface area contributed by atoms with E-state index in [1.807, 2.05) is 13.8 Å².